The Labute approximate surface area is 327 Å². The third-order valence-corrected chi connectivity index (χ3v) is 12.2. The highest BCUT2D eigenvalue weighted by Gasteiger charge is 2.37. The average molecular weight is 717 g/mol. The van der Waals surface area contributed by atoms with Crippen molar-refractivity contribution in [3.05, 3.63) is 191 Å². The van der Waals surface area contributed by atoms with Gasteiger partial charge in [-0.2, -0.15) is 0 Å². The van der Waals surface area contributed by atoms with Gasteiger partial charge < -0.3 is 0 Å². The van der Waals surface area contributed by atoms with Crippen molar-refractivity contribution in [2.45, 2.75) is 38.5 Å². The molecule has 2 aliphatic carbocycles. The van der Waals surface area contributed by atoms with E-state index in [4.69, 9.17) is 23.1 Å². The summed E-state index contributed by atoms with van der Waals surface area (Å²) in [7, 11) is 0. The summed E-state index contributed by atoms with van der Waals surface area (Å²) in [6, 6.07) is 50.8. The predicted molar refractivity (Wildman–Crippen MR) is 229 cm³/mol. The van der Waals surface area contributed by atoms with Gasteiger partial charge >= 0.3 is 0 Å². The first-order valence-electron chi connectivity index (χ1n) is 19.0. The molecule has 0 N–H and O–H groups in total. The van der Waals surface area contributed by atoms with E-state index in [9.17, 15) is 0 Å². The smallest absolute Gasteiger partial charge is 0.198 e. The quantitative estimate of drug-likeness (QED) is 0.170. The molecule has 264 valence electrons. The van der Waals surface area contributed by atoms with E-state index in [1.807, 2.05) is 42.5 Å². The van der Waals surface area contributed by atoms with Crippen molar-refractivity contribution >= 4 is 22.3 Å². The van der Waals surface area contributed by atoms with E-state index in [0.717, 1.165) is 38.7 Å². The van der Waals surface area contributed by atoms with Crippen LogP contribution in [-0.4, -0.2) is 9.97 Å². The molecule has 0 spiro atoms. The maximum atomic E-state index is 8.15. The van der Waals surface area contributed by atoms with Crippen LogP contribution in [0.4, 0.5) is 11.4 Å². The van der Waals surface area contributed by atoms with E-state index in [2.05, 4.69) is 134 Å². The number of rotatable bonds is 4. The molecule has 0 saturated heterocycles. The van der Waals surface area contributed by atoms with Gasteiger partial charge in [0, 0.05) is 32.9 Å². The molecule has 10 rings (SSSR count). The molecular formula is C52H36N4. The van der Waals surface area contributed by atoms with Crippen LogP contribution >= 0.6 is 0 Å². The number of nitrogens with zero attached hydrogens (tertiary/aromatic N) is 4. The van der Waals surface area contributed by atoms with Gasteiger partial charge in [-0.3, -0.25) is 0 Å². The lowest BCUT2D eigenvalue weighted by atomic mass is 9.81. The minimum absolute atomic E-state index is 0.157. The first-order valence-corrected chi connectivity index (χ1v) is 19.0. The van der Waals surface area contributed by atoms with Crippen LogP contribution in [0.25, 0.3) is 87.7 Å². The van der Waals surface area contributed by atoms with Crippen LogP contribution in [0.15, 0.2) is 146 Å². The van der Waals surface area contributed by atoms with E-state index in [0.29, 0.717) is 28.5 Å². The second-order valence-corrected chi connectivity index (χ2v) is 15.9. The summed E-state index contributed by atoms with van der Waals surface area (Å²) < 4.78 is 0. The van der Waals surface area contributed by atoms with Crippen LogP contribution in [0, 0.1) is 13.1 Å². The van der Waals surface area contributed by atoms with Gasteiger partial charge in [0.25, 0.3) is 0 Å². The molecule has 0 amide bonds. The van der Waals surface area contributed by atoms with Crippen LogP contribution in [-0.2, 0) is 10.8 Å². The Morgan fingerprint density at radius 1 is 0.411 bits per heavy atom. The van der Waals surface area contributed by atoms with E-state index >= 15 is 0 Å². The SMILES string of the molecule is [C-]#[N+]c1ccccc1-c1nc(-c2ccccc2[N+]#[C-])c2cc(-c3ccc4c(c3)C(C)(C)c3ccccc3-4)cc(-c3ccc4c(c3)C(C)(C)c3ccccc3-4)c2n1. The fourth-order valence-corrected chi connectivity index (χ4v) is 9.23. The Kier molecular flexibility index (Phi) is 7.28. The summed E-state index contributed by atoms with van der Waals surface area (Å²) in [6.07, 6.45) is 0. The van der Waals surface area contributed by atoms with Crippen LogP contribution in [0.2, 0.25) is 0 Å². The first-order chi connectivity index (χ1) is 27.2. The van der Waals surface area contributed by atoms with Crippen molar-refractivity contribution in [2.24, 2.45) is 0 Å². The van der Waals surface area contributed by atoms with Crippen molar-refractivity contribution in [2.75, 3.05) is 0 Å². The minimum Gasteiger partial charge on any atom is -0.237 e. The molecular weight excluding hydrogens is 681 g/mol. The van der Waals surface area contributed by atoms with Gasteiger partial charge in [0.1, 0.15) is 5.82 Å². The van der Waals surface area contributed by atoms with Crippen LogP contribution < -0.4 is 0 Å². The van der Waals surface area contributed by atoms with Gasteiger partial charge in [0.05, 0.1) is 24.4 Å². The summed E-state index contributed by atoms with van der Waals surface area (Å²) in [4.78, 5) is 18.4. The highest BCUT2D eigenvalue weighted by Crippen LogP contribution is 2.52. The Hall–Kier alpha value is -7.14. The standard InChI is InChI=1S/C52H36N4/c1-51(2)42-19-11-7-15-34(42)36-25-23-31(29-44(36)51)33-27-40(32-24-26-37-35-16-8-12-20-43(35)52(3,4)45(37)30-32)49-41(28-33)48(38-17-9-13-21-46(38)53-5)55-50(56-49)39-18-10-14-22-47(39)54-6/h7-30H,1-4H3. The third kappa shape index (κ3) is 4.83. The average Bonchev–Trinajstić information content (AvgIpc) is 3.61. The van der Waals surface area contributed by atoms with Crippen molar-refractivity contribution in [3.63, 3.8) is 0 Å². The van der Waals surface area contributed by atoms with E-state index in [1.165, 1.54) is 44.5 Å². The lowest BCUT2D eigenvalue weighted by molar-refractivity contribution is 0.660. The first kappa shape index (κ1) is 33.4. The second kappa shape index (κ2) is 12.2. The van der Waals surface area contributed by atoms with E-state index in [1.54, 1.807) is 6.07 Å². The predicted octanol–water partition coefficient (Wildman–Crippen LogP) is 14.0. The zero-order valence-corrected chi connectivity index (χ0v) is 31.6. The zero-order valence-electron chi connectivity index (χ0n) is 31.6. The van der Waals surface area contributed by atoms with Gasteiger partial charge in [-0.25, -0.2) is 19.7 Å². The molecule has 2 aliphatic rings. The summed E-state index contributed by atoms with van der Waals surface area (Å²) >= 11 is 0. The lowest BCUT2D eigenvalue weighted by Crippen LogP contribution is -2.15. The molecule has 0 aliphatic heterocycles. The third-order valence-electron chi connectivity index (χ3n) is 12.2. The fourth-order valence-electron chi connectivity index (χ4n) is 9.23. The topological polar surface area (TPSA) is 34.5 Å². The van der Waals surface area contributed by atoms with Crippen molar-refractivity contribution in [1.82, 2.24) is 9.97 Å². The largest absolute Gasteiger partial charge is 0.237 e. The summed E-state index contributed by atoms with van der Waals surface area (Å²) in [5.41, 5.74) is 18.0. The number of hydrogen-bond acceptors (Lipinski definition) is 2. The molecule has 0 bridgehead atoms. The van der Waals surface area contributed by atoms with Crippen LogP contribution in [0.3, 0.4) is 0 Å². The number of hydrogen-bond donors (Lipinski definition) is 0. The van der Waals surface area contributed by atoms with Crippen LogP contribution in [0.1, 0.15) is 49.9 Å². The van der Waals surface area contributed by atoms with Gasteiger partial charge in [0.2, 0.25) is 0 Å². The summed E-state index contributed by atoms with van der Waals surface area (Å²) in [5, 5.41) is 0.851. The molecule has 7 aromatic carbocycles. The molecule has 0 fully saturated rings. The molecule has 4 heteroatoms. The van der Waals surface area contributed by atoms with Gasteiger partial charge in [0.15, 0.2) is 11.4 Å². The van der Waals surface area contributed by atoms with Gasteiger partial charge in [-0.1, -0.05) is 149 Å². The summed E-state index contributed by atoms with van der Waals surface area (Å²) in [6.45, 7) is 25.4. The molecule has 0 atom stereocenters. The molecule has 0 unspecified atom stereocenters. The molecule has 56 heavy (non-hydrogen) atoms. The number of para-hydroxylation sites is 2. The molecule has 1 aromatic heterocycles. The van der Waals surface area contributed by atoms with E-state index < -0.39 is 0 Å². The van der Waals surface area contributed by atoms with Gasteiger partial charge in [-0.05, 0) is 85.5 Å². The Morgan fingerprint density at radius 3 is 1.50 bits per heavy atom. The molecule has 0 saturated carbocycles. The Balaban J connectivity index is 1.29. The highest BCUT2D eigenvalue weighted by atomic mass is 14.9. The maximum absolute atomic E-state index is 8.15. The molecule has 1 heterocycles. The second-order valence-electron chi connectivity index (χ2n) is 15.9. The Bertz CT molecular complexity index is 3060. The normalized spacial score (nSPS) is 14.0. The highest BCUT2D eigenvalue weighted by molar-refractivity contribution is 6.06. The minimum atomic E-state index is -0.190. The molecule has 4 nitrogen and oxygen atoms in total. The number of aromatic nitrogens is 2. The van der Waals surface area contributed by atoms with Crippen molar-refractivity contribution in [1.29, 1.82) is 0 Å². The maximum Gasteiger partial charge on any atom is 0.198 e. The van der Waals surface area contributed by atoms with Crippen molar-refractivity contribution in [3.8, 4) is 67.2 Å². The number of fused-ring (bicyclic) bond motifs is 7. The molecule has 8 aromatic rings. The zero-order chi connectivity index (χ0) is 38.3. The fraction of sp³-hybridized carbons (Fsp3) is 0.115. The van der Waals surface area contributed by atoms with Crippen LogP contribution in [0.5, 0.6) is 0 Å². The van der Waals surface area contributed by atoms with Crippen molar-refractivity contribution < 1.29 is 0 Å². The van der Waals surface area contributed by atoms with Gasteiger partial charge in [-0.15, -0.1) is 0 Å². The monoisotopic (exact) mass is 716 g/mol. The number of benzene rings is 7. The molecule has 0 radical (unpaired) electrons. The lowest BCUT2D eigenvalue weighted by Gasteiger charge is -2.23. The Morgan fingerprint density at radius 2 is 0.893 bits per heavy atom. The summed E-state index contributed by atoms with van der Waals surface area (Å²) in [5.74, 6) is 0.457. The van der Waals surface area contributed by atoms with E-state index in [-0.39, 0.29) is 10.8 Å².